The number of hydrogen-bond acceptors (Lipinski definition) is 4. The van der Waals surface area contributed by atoms with Crippen LogP contribution in [0.3, 0.4) is 0 Å². The van der Waals surface area contributed by atoms with Crippen LogP contribution in [0.2, 0.25) is 0 Å². The summed E-state index contributed by atoms with van der Waals surface area (Å²) in [5.74, 6) is 0.598. The molecule has 4 rings (SSSR count). The van der Waals surface area contributed by atoms with E-state index in [1.807, 2.05) is 24.3 Å². The third-order valence-corrected chi connectivity index (χ3v) is 5.89. The number of carbonyl (C=O) groups excluding carboxylic acids is 3. The van der Waals surface area contributed by atoms with Crippen LogP contribution in [0, 0.1) is 5.92 Å². The van der Waals surface area contributed by atoms with Gasteiger partial charge in [0.1, 0.15) is 17.8 Å². The highest BCUT2D eigenvalue weighted by molar-refractivity contribution is 6.09. The summed E-state index contributed by atoms with van der Waals surface area (Å²) in [6.45, 7) is -0.230. The van der Waals surface area contributed by atoms with E-state index in [1.54, 1.807) is 7.11 Å². The third-order valence-electron chi connectivity index (χ3n) is 5.89. The highest BCUT2D eigenvalue weighted by atomic mass is 16.5. The summed E-state index contributed by atoms with van der Waals surface area (Å²) in [5, 5.41) is 5.84. The fourth-order valence-electron chi connectivity index (χ4n) is 4.21. The van der Waals surface area contributed by atoms with E-state index in [0.717, 1.165) is 41.9 Å². The number of carbonyl (C=O) groups is 3. The quantitative estimate of drug-likeness (QED) is 0.750. The number of amides is 4. The number of ether oxygens (including phenoxy) is 1. The van der Waals surface area contributed by atoms with Crippen LogP contribution in [-0.2, 0) is 9.59 Å². The zero-order valence-electron chi connectivity index (χ0n) is 15.5. The number of urea groups is 1. The molecule has 1 aromatic rings. The van der Waals surface area contributed by atoms with Crippen molar-refractivity contribution in [2.75, 3.05) is 13.7 Å². The summed E-state index contributed by atoms with van der Waals surface area (Å²) in [5.41, 5.74) is 0.236. The SMILES string of the molecule is COc1ccc(C(NC(=O)CN2C(=O)NC3(CCCC3)C2=O)C2CC2)cc1. The number of rotatable bonds is 6. The van der Waals surface area contributed by atoms with Gasteiger partial charge < -0.3 is 15.4 Å². The number of hydrogen-bond donors (Lipinski definition) is 2. The van der Waals surface area contributed by atoms with Crippen molar-refractivity contribution in [1.29, 1.82) is 0 Å². The Kier molecular flexibility index (Phi) is 4.53. The fourth-order valence-corrected chi connectivity index (χ4v) is 4.21. The normalized spacial score (nSPS) is 22.0. The van der Waals surface area contributed by atoms with E-state index < -0.39 is 11.6 Å². The van der Waals surface area contributed by atoms with Crippen molar-refractivity contribution in [2.24, 2.45) is 5.92 Å². The van der Waals surface area contributed by atoms with Gasteiger partial charge in [-0.15, -0.1) is 0 Å². The van der Waals surface area contributed by atoms with Crippen molar-refractivity contribution in [3.05, 3.63) is 29.8 Å². The largest absolute Gasteiger partial charge is 0.497 e. The molecule has 0 radical (unpaired) electrons. The van der Waals surface area contributed by atoms with Crippen molar-refractivity contribution in [2.45, 2.75) is 50.1 Å². The minimum atomic E-state index is -0.775. The number of methoxy groups -OCH3 is 1. The Balaban J connectivity index is 1.43. The number of imide groups is 1. The molecule has 1 aromatic carbocycles. The van der Waals surface area contributed by atoms with Crippen molar-refractivity contribution in [1.82, 2.24) is 15.5 Å². The molecule has 7 heteroatoms. The molecule has 1 unspecified atom stereocenters. The third kappa shape index (κ3) is 3.38. The maximum Gasteiger partial charge on any atom is 0.325 e. The summed E-state index contributed by atoms with van der Waals surface area (Å²) < 4.78 is 5.19. The van der Waals surface area contributed by atoms with Crippen molar-refractivity contribution < 1.29 is 19.1 Å². The van der Waals surface area contributed by atoms with Crippen LogP contribution in [0.25, 0.3) is 0 Å². The van der Waals surface area contributed by atoms with Gasteiger partial charge in [0.2, 0.25) is 5.91 Å². The number of nitrogens with zero attached hydrogens (tertiary/aromatic N) is 1. The predicted octanol–water partition coefficient (Wildman–Crippen LogP) is 2.13. The Hall–Kier alpha value is -2.57. The zero-order valence-corrected chi connectivity index (χ0v) is 15.5. The van der Waals surface area contributed by atoms with E-state index in [2.05, 4.69) is 10.6 Å². The van der Waals surface area contributed by atoms with Crippen LogP contribution in [0.1, 0.15) is 50.1 Å². The van der Waals surface area contributed by atoms with Crippen LogP contribution in [0.4, 0.5) is 4.79 Å². The Morgan fingerprint density at radius 1 is 1.26 bits per heavy atom. The summed E-state index contributed by atoms with van der Waals surface area (Å²) in [6, 6.07) is 7.08. The zero-order chi connectivity index (χ0) is 19.0. The monoisotopic (exact) mass is 371 g/mol. The van der Waals surface area contributed by atoms with Crippen LogP contribution < -0.4 is 15.4 Å². The summed E-state index contributed by atoms with van der Waals surface area (Å²) in [7, 11) is 1.62. The standard InChI is InChI=1S/C20H25N3O4/c1-27-15-8-6-14(7-9-15)17(13-4-5-13)21-16(24)12-23-18(25)20(22-19(23)26)10-2-3-11-20/h6-9,13,17H,2-5,10-12H2,1H3,(H,21,24)(H,22,26). The van der Waals surface area contributed by atoms with Crippen LogP contribution in [0.15, 0.2) is 24.3 Å². The first-order chi connectivity index (χ1) is 13.0. The molecular weight excluding hydrogens is 346 g/mol. The van der Waals surface area contributed by atoms with Gasteiger partial charge in [-0.25, -0.2) is 4.79 Å². The molecule has 2 N–H and O–H groups in total. The Bertz CT molecular complexity index is 751. The fraction of sp³-hybridized carbons (Fsp3) is 0.550. The predicted molar refractivity (Wildman–Crippen MR) is 98.0 cm³/mol. The molecule has 3 fully saturated rings. The molecule has 2 saturated carbocycles. The van der Waals surface area contributed by atoms with E-state index in [1.165, 1.54) is 0 Å². The second-order valence-corrected chi connectivity index (χ2v) is 7.77. The Morgan fingerprint density at radius 2 is 1.93 bits per heavy atom. The molecule has 144 valence electrons. The average molecular weight is 371 g/mol. The molecule has 0 aromatic heterocycles. The molecule has 2 aliphatic carbocycles. The minimum absolute atomic E-state index is 0.107. The summed E-state index contributed by atoms with van der Waals surface area (Å²) in [6.07, 6.45) is 5.28. The topological polar surface area (TPSA) is 87.7 Å². The first kappa shape index (κ1) is 17.8. The molecular formula is C20H25N3O4. The molecule has 1 aliphatic heterocycles. The first-order valence-corrected chi connectivity index (χ1v) is 9.60. The van der Waals surface area contributed by atoms with Gasteiger partial charge in [-0.05, 0) is 49.3 Å². The van der Waals surface area contributed by atoms with Gasteiger partial charge in [0.15, 0.2) is 0 Å². The summed E-state index contributed by atoms with van der Waals surface area (Å²) >= 11 is 0. The lowest BCUT2D eigenvalue weighted by molar-refractivity contribution is -0.135. The number of nitrogens with one attached hydrogen (secondary N) is 2. The lowest BCUT2D eigenvalue weighted by Gasteiger charge is -2.22. The van der Waals surface area contributed by atoms with Crippen molar-refractivity contribution >= 4 is 17.8 Å². The van der Waals surface area contributed by atoms with Gasteiger partial charge in [0.05, 0.1) is 13.2 Å². The molecule has 1 heterocycles. The molecule has 27 heavy (non-hydrogen) atoms. The van der Waals surface area contributed by atoms with Crippen molar-refractivity contribution in [3.63, 3.8) is 0 Å². The second-order valence-electron chi connectivity index (χ2n) is 7.77. The minimum Gasteiger partial charge on any atom is -0.497 e. The molecule has 7 nitrogen and oxygen atoms in total. The van der Waals surface area contributed by atoms with Gasteiger partial charge in [-0.2, -0.15) is 0 Å². The van der Waals surface area contributed by atoms with Crippen molar-refractivity contribution in [3.8, 4) is 5.75 Å². The van der Waals surface area contributed by atoms with Crippen LogP contribution in [-0.4, -0.2) is 41.9 Å². The lowest BCUT2D eigenvalue weighted by atomic mass is 9.98. The van der Waals surface area contributed by atoms with E-state index >= 15 is 0 Å². The van der Waals surface area contributed by atoms with Gasteiger partial charge in [-0.3, -0.25) is 14.5 Å². The molecule has 1 atom stereocenters. The van der Waals surface area contributed by atoms with Gasteiger partial charge in [-0.1, -0.05) is 25.0 Å². The maximum atomic E-state index is 12.7. The molecule has 4 amide bonds. The number of benzene rings is 1. The van der Waals surface area contributed by atoms with Gasteiger partial charge in [0, 0.05) is 0 Å². The molecule has 1 saturated heterocycles. The Labute approximate surface area is 158 Å². The average Bonchev–Trinajstić information content (AvgIpc) is 3.37. The molecule has 0 bridgehead atoms. The lowest BCUT2D eigenvalue weighted by Crippen LogP contribution is -2.45. The second kappa shape index (κ2) is 6.87. The Morgan fingerprint density at radius 3 is 2.52 bits per heavy atom. The maximum absolute atomic E-state index is 12.7. The molecule has 3 aliphatic rings. The van der Waals surface area contributed by atoms with Crippen LogP contribution in [0.5, 0.6) is 5.75 Å². The smallest absolute Gasteiger partial charge is 0.325 e. The highest BCUT2D eigenvalue weighted by Crippen LogP contribution is 2.41. The van der Waals surface area contributed by atoms with Gasteiger partial charge in [0.25, 0.3) is 5.91 Å². The van der Waals surface area contributed by atoms with E-state index in [-0.39, 0.29) is 24.4 Å². The van der Waals surface area contributed by atoms with E-state index in [9.17, 15) is 14.4 Å². The summed E-state index contributed by atoms with van der Waals surface area (Å²) in [4.78, 5) is 38.6. The van der Waals surface area contributed by atoms with E-state index in [4.69, 9.17) is 4.74 Å². The first-order valence-electron chi connectivity index (χ1n) is 9.60. The molecule has 1 spiro atoms. The highest BCUT2D eigenvalue weighted by Gasteiger charge is 2.52. The van der Waals surface area contributed by atoms with Crippen LogP contribution >= 0.6 is 0 Å². The van der Waals surface area contributed by atoms with E-state index in [0.29, 0.717) is 18.8 Å². The van der Waals surface area contributed by atoms with Gasteiger partial charge >= 0.3 is 6.03 Å².